The van der Waals surface area contributed by atoms with Gasteiger partial charge in [0.25, 0.3) is 0 Å². The van der Waals surface area contributed by atoms with Crippen molar-refractivity contribution in [2.75, 3.05) is 13.1 Å². The zero-order valence-corrected chi connectivity index (χ0v) is 14.1. The normalized spacial score (nSPS) is 17.0. The number of amides is 1. The Bertz CT molecular complexity index is 676. The molecule has 1 aliphatic heterocycles. The molecule has 1 amide bonds. The number of Topliss-reactive ketones (excluding diaryl/α,β-unsaturated/α-hetero) is 1. The minimum absolute atomic E-state index is 0.0243. The average Bonchev–Trinajstić information content (AvgIpc) is 3.28. The Morgan fingerprint density at radius 3 is 2.83 bits per heavy atom. The van der Waals surface area contributed by atoms with Crippen molar-refractivity contribution in [3.8, 4) is 5.88 Å². The van der Waals surface area contributed by atoms with E-state index >= 15 is 0 Å². The van der Waals surface area contributed by atoms with E-state index in [2.05, 4.69) is 8.75 Å². The number of hydrogen-bond donors (Lipinski definition) is 0. The number of ketones is 1. The molecule has 2 heterocycles. The van der Waals surface area contributed by atoms with E-state index in [9.17, 15) is 9.59 Å². The summed E-state index contributed by atoms with van der Waals surface area (Å²) in [6.45, 7) is 1.26. The van der Waals surface area contributed by atoms with Gasteiger partial charge in [-0.2, -0.15) is 4.37 Å². The van der Waals surface area contributed by atoms with E-state index in [1.807, 2.05) is 18.2 Å². The summed E-state index contributed by atoms with van der Waals surface area (Å²) < 4.78 is 13.6. The third kappa shape index (κ3) is 4.38. The van der Waals surface area contributed by atoms with Gasteiger partial charge in [0.15, 0.2) is 5.78 Å². The van der Waals surface area contributed by atoms with Crippen LogP contribution in [0.15, 0.2) is 36.5 Å². The molecule has 6 nitrogen and oxygen atoms in total. The number of carbonyl (C=O) groups is 2. The second kappa shape index (κ2) is 8.01. The summed E-state index contributed by atoms with van der Waals surface area (Å²) in [5.41, 5.74) is 0.705. The highest BCUT2D eigenvalue weighted by atomic mass is 32.1. The summed E-state index contributed by atoms with van der Waals surface area (Å²) in [7, 11) is 0. The molecular formula is C17H19N3O3S. The minimum Gasteiger partial charge on any atom is -0.471 e. The molecule has 24 heavy (non-hydrogen) atoms. The largest absolute Gasteiger partial charge is 0.471 e. The average molecular weight is 345 g/mol. The van der Waals surface area contributed by atoms with Crippen molar-refractivity contribution < 1.29 is 14.3 Å². The quantitative estimate of drug-likeness (QED) is 0.721. The van der Waals surface area contributed by atoms with Crippen molar-refractivity contribution in [3.63, 3.8) is 0 Å². The maximum absolute atomic E-state index is 12.2. The zero-order chi connectivity index (χ0) is 16.8. The van der Waals surface area contributed by atoms with Crippen LogP contribution in [-0.4, -0.2) is 44.5 Å². The fourth-order valence-corrected chi connectivity index (χ4v) is 3.11. The maximum atomic E-state index is 12.2. The first-order chi connectivity index (χ1) is 11.7. The highest BCUT2D eigenvalue weighted by Crippen LogP contribution is 2.18. The van der Waals surface area contributed by atoms with Crippen molar-refractivity contribution in [1.82, 2.24) is 13.6 Å². The molecule has 2 aromatic rings. The standard InChI is InChI=1S/C17H19N3O3S/c21-15(13-5-2-1-3-6-13)7-4-8-17(22)20-10-9-14(12-20)23-16-11-18-24-19-16/h1-3,5-6,11,14H,4,7-10,12H2. The van der Waals surface area contributed by atoms with Crippen LogP contribution in [0, 0.1) is 0 Å². The molecule has 1 fully saturated rings. The molecule has 1 aromatic heterocycles. The lowest BCUT2D eigenvalue weighted by Crippen LogP contribution is -2.30. The van der Waals surface area contributed by atoms with Crippen molar-refractivity contribution in [2.45, 2.75) is 31.8 Å². The van der Waals surface area contributed by atoms with Crippen LogP contribution < -0.4 is 4.74 Å². The Kier molecular flexibility index (Phi) is 5.53. The number of rotatable bonds is 7. The van der Waals surface area contributed by atoms with Gasteiger partial charge < -0.3 is 9.64 Å². The molecule has 3 rings (SSSR count). The molecular weight excluding hydrogens is 326 g/mol. The number of aromatic nitrogens is 2. The molecule has 0 radical (unpaired) electrons. The van der Waals surface area contributed by atoms with Gasteiger partial charge in [0.1, 0.15) is 12.3 Å². The monoisotopic (exact) mass is 345 g/mol. The van der Waals surface area contributed by atoms with Crippen LogP contribution in [-0.2, 0) is 4.79 Å². The Morgan fingerprint density at radius 2 is 2.08 bits per heavy atom. The number of ether oxygens (including phenoxy) is 1. The number of benzene rings is 1. The summed E-state index contributed by atoms with van der Waals surface area (Å²) in [6.07, 6.45) is 3.72. The number of carbonyl (C=O) groups excluding carboxylic acids is 2. The Hall–Kier alpha value is -2.28. The number of nitrogens with zero attached hydrogens (tertiary/aromatic N) is 3. The van der Waals surface area contributed by atoms with Crippen LogP contribution in [0.5, 0.6) is 5.88 Å². The molecule has 0 bridgehead atoms. The molecule has 0 aliphatic carbocycles. The molecule has 7 heteroatoms. The SMILES string of the molecule is O=C(CCCC(=O)N1CCC(Oc2cnsn2)C1)c1ccccc1. The number of likely N-dealkylation sites (tertiary alicyclic amines) is 1. The van der Waals surface area contributed by atoms with Gasteiger partial charge in [-0.05, 0) is 6.42 Å². The first kappa shape index (κ1) is 16.6. The van der Waals surface area contributed by atoms with E-state index in [1.165, 1.54) is 0 Å². The lowest BCUT2D eigenvalue weighted by atomic mass is 10.1. The summed E-state index contributed by atoms with van der Waals surface area (Å²) in [5, 5.41) is 0. The van der Waals surface area contributed by atoms with Gasteiger partial charge in [-0.1, -0.05) is 30.3 Å². The molecule has 0 saturated carbocycles. The fourth-order valence-electron chi connectivity index (χ4n) is 2.76. The summed E-state index contributed by atoms with van der Waals surface area (Å²) in [5.74, 6) is 0.688. The number of hydrogen-bond acceptors (Lipinski definition) is 6. The second-order valence-electron chi connectivity index (χ2n) is 5.76. The first-order valence-electron chi connectivity index (χ1n) is 8.02. The maximum Gasteiger partial charge on any atom is 0.246 e. The molecule has 1 saturated heterocycles. The van der Waals surface area contributed by atoms with Crippen LogP contribution in [0.25, 0.3) is 0 Å². The molecule has 1 aliphatic rings. The highest BCUT2D eigenvalue weighted by Gasteiger charge is 2.27. The lowest BCUT2D eigenvalue weighted by molar-refractivity contribution is -0.130. The van der Waals surface area contributed by atoms with Crippen molar-refractivity contribution in [2.24, 2.45) is 0 Å². The van der Waals surface area contributed by atoms with Crippen LogP contribution in [0.4, 0.5) is 0 Å². The fraction of sp³-hybridized carbons (Fsp3) is 0.412. The molecule has 0 spiro atoms. The molecule has 1 aromatic carbocycles. The first-order valence-corrected chi connectivity index (χ1v) is 8.75. The third-order valence-corrected chi connectivity index (χ3v) is 4.48. The van der Waals surface area contributed by atoms with Crippen LogP contribution in [0.3, 0.4) is 0 Å². The topological polar surface area (TPSA) is 72.4 Å². The van der Waals surface area contributed by atoms with Crippen LogP contribution >= 0.6 is 11.7 Å². The van der Waals surface area contributed by atoms with Gasteiger partial charge in [0, 0.05) is 31.4 Å². The smallest absolute Gasteiger partial charge is 0.246 e. The van der Waals surface area contributed by atoms with Crippen LogP contribution in [0.1, 0.15) is 36.0 Å². The molecule has 1 unspecified atom stereocenters. The van der Waals surface area contributed by atoms with E-state index in [0.717, 1.165) is 18.1 Å². The predicted octanol–water partition coefficient (Wildman–Crippen LogP) is 2.57. The third-order valence-electron chi connectivity index (χ3n) is 4.02. The van der Waals surface area contributed by atoms with Gasteiger partial charge in [-0.15, -0.1) is 4.37 Å². The molecule has 0 N–H and O–H groups in total. The van der Waals surface area contributed by atoms with E-state index < -0.39 is 0 Å². The van der Waals surface area contributed by atoms with Crippen molar-refractivity contribution >= 4 is 23.4 Å². The van der Waals surface area contributed by atoms with E-state index in [1.54, 1.807) is 23.2 Å². The summed E-state index contributed by atoms with van der Waals surface area (Å²) in [6, 6.07) is 9.19. The van der Waals surface area contributed by atoms with Crippen molar-refractivity contribution in [3.05, 3.63) is 42.1 Å². The minimum atomic E-state index is -0.0243. The van der Waals surface area contributed by atoms with Gasteiger partial charge in [0.05, 0.1) is 18.3 Å². The van der Waals surface area contributed by atoms with Crippen molar-refractivity contribution in [1.29, 1.82) is 0 Å². The Balaban J connectivity index is 1.39. The molecule has 126 valence electrons. The van der Waals surface area contributed by atoms with Gasteiger partial charge in [-0.25, -0.2) is 0 Å². The highest BCUT2D eigenvalue weighted by molar-refractivity contribution is 6.99. The van der Waals surface area contributed by atoms with Crippen LogP contribution in [0.2, 0.25) is 0 Å². The summed E-state index contributed by atoms with van der Waals surface area (Å²) >= 11 is 1.10. The van der Waals surface area contributed by atoms with E-state index in [-0.39, 0.29) is 17.8 Å². The molecule has 1 atom stereocenters. The zero-order valence-electron chi connectivity index (χ0n) is 13.3. The second-order valence-corrected chi connectivity index (χ2v) is 6.31. The Morgan fingerprint density at radius 1 is 1.25 bits per heavy atom. The van der Waals surface area contributed by atoms with Gasteiger partial charge in [0.2, 0.25) is 11.8 Å². The van der Waals surface area contributed by atoms with E-state index in [0.29, 0.717) is 43.8 Å². The Labute approximate surface area is 144 Å². The lowest BCUT2D eigenvalue weighted by Gasteiger charge is -2.16. The van der Waals surface area contributed by atoms with Gasteiger partial charge >= 0.3 is 0 Å². The predicted molar refractivity (Wildman–Crippen MR) is 90.1 cm³/mol. The van der Waals surface area contributed by atoms with Gasteiger partial charge in [-0.3, -0.25) is 9.59 Å². The van der Waals surface area contributed by atoms with E-state index in [4.69, 9.17) is 4.74 Å². The summed E-state index contributed by atoms with van der Waals surface area (Å²) in [4.78, 5) is 26.1.